The van der Waals surface area contributed by atoms with E-state index in [0.717, 1.165) is 45.4 Å². The zero-order valence-electron chi connectivity index (χ0n) is 16.0. The quantitative estimate of drug-likeness (QED) is 0.399. The molecule has 4 rings (SSSR count). The zero-order chi connectivity index (χ0) is 20.1. The van der Waals surface area contributed by atoms with E-state index in [-0.39, 0.29) is 11.7 Å². The third-order valence-corrected chi connectivity index (χ3v) is 5.96. The number of carbonyl (C=O) groups is 1. The normalized spacial score (nSPS) is 11.1. The second kappa shape index (κ2) is 9.01. The summed E-state index contributed by atoms with van der Waals surface area (Å²) in [6.45, 7) is 0.585. The Hall–Kier alpha value is -2.99. The Morgan fingerprint density at radius 1 is 1.07 bits per heavy atom. The minimum absolute atomic E-state index is 0.0414. The van der Waals surface area contributed by atoms with Gasteiger partial charge in [-0.25, -0.2) is 9.37 Å². The molecule has 0 fully saturated rings. The maximum absolute atomic E-state index is 13.6. The summed E-state index contributed by atoms with van der Waals surface area (Å²) < 4.78 is 13.6. The average molecular weight is 408 g/mol. The minimum Gasteiger partial charge on any atom is -0.351 e. The molecule has 0 unspecified atom stereocenters. The van der Waals surface area contributed by atoms with Crippen LogP contribution in [-0.4, -0.2) is 22.4 Å². The predicted octanol–water partition coefficient (Wildman–Crippen LogP) is 5.11. The lowest BCUT2D eigenvalue weighted by atomic mass is 10.0. The van der Waals surface area contributed by atoms with Crippen molar-refractivity contribution in [2.75, 3.05) is 6.54 Å². The Morgan fingerprint density at radius 3 is 2.86 bits per heavy atom. The maximum Gasteiger partial charge on any atom is 0.261 e. The first kappa shape index (κ1) is 19.3. The molecule has 4 nitrogen and oxygen atoms in total. The number of hydrogen-bond donors (Lipinski definition) is 2. The number of amides is 1. The number of aromatic nitrogens is 2. The fraction of sp³-hybridized carbons (Fsp3) is 0.217. The van der Waals surface area contributed by atoms with Gasteiger partial charge in [-0.05, 0) is 72.0 Å². The summed E-state index contributed by atoms with van der Waals surface area (Å²) in [5, 5.41) is 6.04. The minimum atomic E-state index is -0.160. The van der Waals surface area contributed by atoms with E-state index in [4.69, 9.17) is 0 Å². The van der Waals surface area contributed by atoms with Gasteiger partial charge in [-0.2, -0.15) is 0 Å². The summed E-state index contributed by atoms with van der Waals surface area (Å²) in [6, 6.07) is 12.9. The number of aromatic amines is 1. The molecule has 0 bridgehead atoms. The van der Waals surface area contributed by atoms with E-state index in [2.05, 4.69) is 15.3 Å². The Bertz CT molecular complexity index is 1120. The third kappa shape index (κ3) is 4.54. The highest BCUT2D eigenvalue weighted by Crippen LogP contribution is 2.24. The number of H-pyrrole nitrogens is 1. The number of fused-ring (bicyclic) bond motifs is 1. The number of carbonyl (C=O) groups excluding carboxylic acids is 1. The zero-order valence-corrected chi connectivity index (χ0v) is 16.8. The molecule has 0 saturated carbocycles. The molecule has 0 aliphatic carbocycles. The largest absolute Gasteiger partial charge is 0.351 e. The van der Waals surface area contributed by atoms with Crippen molar-refractivity contribution in [1.82, 2.24) is 15.3 Å². The SMILES string of the molecule is O=C(NCCCCc1ccccc1F)c1sccc1Cc1ccnc2[nH]ccc12. The lowest BCUT2D eigenvalue weighted by Crippen LogP contribution is -2.24. The van der Waals surface area contributed by atoms with Crippen LogP contribution in [0.5, 0.6) is 0 Å². The number of unbranched alkanes of at least 4 members (excludes halogenated alkanes) is 1. The topological polar surface area (TPSA) is 57.8 Å². The van der Waals surface area contributed by atoms with Crippen LogP contribution in [-0.2, 0) is 12.8 Å². The molecule has 6 heteroatoms. The summed E-state index contributed by atoms with van der Waals surface area (Å²) in [5.74, 6) is -0.201. The molecule has 4 aromatic rings. The highest BCUT2D eigenvalue weighted by molar-refractivity contribution is 7.12. The van der Waals surface area contributed by atoms with Crippen molar-refractivity contribution >= 4 is 28.3 Å². The molecule has 148 valence electrons. The number of thiophene rings is 1. The van der Waals surface area contributed by atoms with E-state index < -0.39 is 0 Å². The Balaban J connectivity index is 1.31. The Labute approximate surface area is 172 Å². The van der Waals surface area contributed by atoms with E-state index >= 15 is 0 Å². The number of nitrogens with zero attached hydrogens (tertiary/aromatic N) is 1. The molecule has 0 aliphatic heterocycles. The van der Waals surface area contributed by atoms with Crippen molar-refractivity contribution in [1.29, 1.82) is 0 Å². The molecule has 3 aromatic heterocycles. The van der Waals surface area contributed by atoms with Gasteiger partial charge in [-0.15, -0.1) is 11.3 Å². The van der Waals surface area contributed by atoms with Crippen LogP contribution in [0.2, 0.25) is 0 Å². The van der Waals surface area contributed by atoms with Crippen LogP contribution < -0.4 is 5.32 Å². The number of aryl methyl sites for hydroxylation is 1. The van der Waals surface area contributed by atoms with Crippen LogP contribution in [0, 0.1) is 5.82 Å². The smallest absolute Gasteiger partial charge is 0.261 e. The van der Waals surface area contributed by atoms with Gasteiger partial charge in [0.15, 0.2) is 0 Å². The van der Waals surface area contributed by atoms with Crippen LogP contribution in [0.4, 0.5) is 4.39 Å². The fourth-order valence-electron chi connectivity index (χ4n) is 3.48. The number of halogens is 1. The van der Waals surface area contributed by atoms with E-state index in [1.54, 1.807) is 12.3 Å². The average Bonchev–Trinajstić information content (AvgIpc) is 3.39. The highest BCUT2D eigenvalue weighted by atomic mass is 32.1. The monoisotopic (exact) mass is 407 g/mol. The second-order valence-corrected chi connectivity index (χ2v) is 7.88. The molecule has 0 spiro atoms. The van der Waals surface area contributed by atoms with Gasteiger partial charge < -0.3 is 10.3 Å². The number of pyridine rings is 1. The summed E-state index contributed by atoms with van der Waals surface area (Å²) >= 11 is 1.46. The number of benzene rings is 1. The number of hydrogen-bond acceptors (Lipinski definition) is 3. The van der Waals surface area contributed by atoms with Gasteiger partial charge in [-0.3, -0.25) is 4.79 Å². The molecule has 29 heavy (non-hydrogen) atoms. The van der Waals surface area contributed by atoms with Crippen molar-refractivity contribution in [3.8, 4) is 0 Å². The molecule has 2 N–H and O–H groups in total. The number of nitrogens with one attached hydrogen (secondary N) is 2. The highest BCUT2D eigenvalue weighted by Gasteiger charge is 2.14. The summed E-state index contributed by atoms with van der Waals surface area (Å²) in [7, 11) is 0. The lowest BCUT2D eigenvalue weighted by molar-refractivity contribution is 0.0956. The van der Waals surface area contributed by atoms with Crippen LogP contribution in [0.1, 0.15) is 39.2 Å². The van der Waals surface area contributed by atoms with Crippen LogP contribution in [0.15, 0.2) is 60.2 Å². The van der Waals surface area contributed by atoms with E-state index in [9.17, 15) is 9.18 Å². The first-order valence-electron chi connectivity index (χ1n) is 9.71. The van der Waals surface area contributed by atoms with Crippen LogP contribution in [0.25, 0.3) is 11.0 Å². The molecule has 0 radical (unpaired) electrons. The first-order valence-corrected chi connectivity index (χ1v) is 10.6. The fourth-order valence-corrected chi connectivity index (χ4v) is 4.31. The van der Waals surface area contributed by atoms with Gasteiger partial charge >= 0.3 is 0 Å². The summed E-state index contributed by atoms with van der Waals surface area (Å²) in [4.78, 5) is 20.8. The van der Waals surface area contributed by atoms with Crippen LogP contribution in [0.3, 0.4) is 0 Å². The van der Waals surface area contributed by atoms with Crippen molar-refractivity contribution < 1.29 is 9.18 Å². The van der Waals surface area contributed by atoms with Crippen molar-refractivity contribution in [3.05, 3.63) is 87.6 Å². The van der Waals surface area contributed by atoms with E-state index in [1.807, 2.05) is 41.9 Å². The van der Waals surface area contributed by atoms with Crippen molar-refractivity contribution in [3.63, 3.8) is 0 Å². The Kier molecular flexibility index (Phi) is 6.00. The molecule has 0 saturated heterocycles. The first-order chi connectivity index (χ1) is 14.2. The maximum atomic E-state index is 13.6. The predicted molar refractivity (Wildman–Crippen MR) is 115 cm³/mol. The van der Waals surface area contributed by atoms with Gasteiger partial charge in [0.1, 0.15) is 11.5 Å². The van der Waals surface area contributed by atoms with Gasteiger partial charge in [0.25, 0.3) is 5.91 Å². The van der Waals surface area contributed by atoms with E-state index in [0.29, 0.717) is 19.4 Å². The van der Waals surface area contributed by atoms with E-state index in [1.165, 1.54) is 17.4 Å². The van der Waals surface area contributed by atoms with Gasteiger partial charge in [-0.1, -0.05) is 18.2 Å². The summed E-state index contributed by atoms with van der Waals surface area (Å²) in [5.41, 5.74) is 3.76. The number of rotatable bonds is 8. The van der Waals surface area contributed by atoms with Gasteiger partial charge in [0, 0.05) is 24.3 Å². The van der Waals surface area contributed by atoms with Crippen LogP contribution >= 0.6 is 11.3 Å². The molecular weight excluding hydrogens is 385 g/mol. The molecule has 0 atom stereocenters. The molecular formula is C23H22FN3OS. The molecule has 1 aromatic carbocycles. The second-order valence-electron chi connectivity index (χ2n) is 6.97. The van der Waals surface area contributed by atoms with Gasteiger partial charge in [0.05, 0.1) is 4.88 Å². The molecule has 1 amide bonds. The van der Waals surface area contributed by atoms with Crippen molar-refractivity contribution in [2.24, 2.45) is 0 Å². The van der Waals surface area contributed by atoms with Crippen molar-refractivity contribution in [2.45, 2.75) is 25.7 Å². The third-order valence-electron chi connectivity index (χ3n) is 5.00. The van der Waals surface area contributed by atoms with Gasteiger partial charge in [0.2, 0.25) is 0 Å². The Morgan fingerprint density at radius 2 is 1.97 bits per heavy atom. The molecule has 3 heterocycles. The standard InChI is InChI=1S/C23H22FN3OS/c24-20-7-2-1-5-16(20)6-3-4-11-27-23(28)21-18(10-14-29-21)15-17-8-12-25-22-19(17)9-13-26-22/h1-2,5,7-10,12-14H,3-4,6,11,15H2,(H,25,26)(H,27,28). The summed E-state index contributed by atoms with van der Waals surface area (Å²) in [6.07, 6.45) is 6.69. The molecule has 0 aliphatic rings. The lowest BCUT2D eigenvalue weighted by Gasteiger charge is -2.08.